The fourth-order valence-electron chi connectivity index (χ4n) is 4.72. The number of nitrogens with one attached hydrogen (secondary N) is 1. The number of para-hydroxylation sites is 1. The van der Waals surface area contributed by atoms with Crippen molar-refractivity contribution in [2.75, 3.05) is 13.2 Å². The molecule has 3 aromatic carbocycles. The highest BCUT2D eigenvalue weighted by Gasteiger charge is 2.23. The number of nitrogens with zero attached hydrogens (tertiary/aromatic N) is 6. The number of aromatic nitrogens is 6. The van der Waals surface area contributed by atoms with Crippen LogP contribution >= 0.6 is 0 Å². The molecule has 0 aliphatic carbocycles. The molecule has 0 saturated carbocycles. The van der Waals surface area contributed by atoms with Crippen molar-refractivity contribution < 1.29 is 28.6 Å². The van der Waals surface area contributed by atoms with Crippen LogP contribution in [-0.4, -0.2) is 68.3 Å². The third kappa shape index (κ3) is 6.89. The fourth-order valence-corrected chi connectivity index (χ4v) is 4.72. The van der Waals surface area contributed by atoms with E-state index in [2.05, 4.69) is 37.5 Å². The highest BCUT2D eigenvalue weighted by molar-refractivity contribution is 6.02. The van der Waals surface area contributed by atoms with Gasteiger partial charge in [0.15, 0.2) is 0 Å². The highest BCUT2D eigenvalue weighted by atomic mass is 16.7. The van der Waals surface area contributed by atoms with E-state index in [1.807, 2.05) is 60.0 Å². The highest BCUT2D eigenvalue weighted by Crippen LogP contribution is 2.31. The number of carbonyl (C=O) groups excluding carboxylic acids is 2. The average molecular weight is 598 g/mol. The van der Waals surface area contributed by atoms with E-state index in [1.165, 1.54) is 6.92 Å². The molecule has 0 bridgehead atoms. The molecule has 0 spiro atoms. The van der Waals surface area contributed by atoms with Crippen molar-refractivity contribution in [3.63, 3.8) is 0 Å². The molecule has 5 aromatic rings. The zero-order valence-corrected chi connectivity index (χ0v) is 24.3. The van der Waals surface area contributed by atoms with Crippen LogP contribution in [0.1, 0.15) is 42.6 Å². The van der Waals surface area contributed by atoms with E-state index < -0.39 is 18.2 Å². The van der Waals surface area contributed by atoms with E-state index in [9.17, 15) is 9.59 Å². The van der Waals surface area contributed by atoms with Crippen LogP contribution in [0, 0.1) is 0 Å². The molecule has 0 aliphatic heterocycles. The van der Waals surface area contributed by atoms with Crippen molar-refractivity contribution in [1.82, 2.24) is 30.2 Å². The summed E-state index contributed by atoms with van der Waals surface area (Å²) in [6.45, 7) is 7.55. The maximum Gasteiger partial charge on any atom is 0.343 e. The van der Waals surface area contributed by atoms with Crippen molar-refractivity contribution in [3.05, 3.63) is 77.9 Å². The molecule has 1 N–H and O–H groups in total. The monoisotopic (exact) mass is 597 g/mol. The molecule has 0 saturated heterocycles. The van der Waals surface area contributed by atoms with E-state index in [0.717, 1.165) is 22.3 Å². The summed E-state index contributed by atoms with van der Waals surface area (Å²) in [6.07, 6.45) is -0.628. The van der Waals surface area contributed by atoms with Gasteiger partial charge in [-0.1, -0.05) is 54.6 Å². The second-order valence-electron chi connectivity index (χ2n) is 9.59. The molecule has 2 heterocycles. The Labute approximate surface area is 252 Å². The van der Waals surface area contributed by atoms with Crippen LogP contribution in [0.4, 0.5) is 0 Å². The van der Waals surface area contributed by atoms with Gasteiger partial charge in [0, 0.05) is 25.6 Å². The third-order valence-electron chi connectivity index (χ3n) is 6.62. The summed E-state index contributed by atoms with van der Waals surface area (Å²) in [5.41, 5.74) is 5.12. The topological polar surface area (TPSA) is 156 Å². The summed E-state index contributed by atoms with van der Waals surface area (Å²) >= 11 is 0. The van der Waals surface area contributed by atoms with Crippen LogP contribution in [0.5, 0.6) is 6.01 Å². The van der Waals surface area contributed by atoms with Crippen LogP contribution in [0.25, 0.3) is 33.5 Å². The second-order valence-corrected chi connectivity index (χ2v) is 9.59. The Balaban J connectivity index is 1.37. The third-order valence-corrected chi connectivity index (χ3v) is 6.62. The molecule has 44 heavy (non-hydrogen) atoms. The minimum Gasteiger partial charge on any atom is -0.465 e. The molecular formula is C31H31N7O6. The molecule has 0 radical (unpaired) electrons. The van der Waals surface area contributed by atoms with E-state index in [0.29, 0.717) is 42.4 Å². The van der Waals surface area contributed by atoms with Gasteiger partial charge in [-0.05, 0) is 47.4 Å². The molecule has 226 valence electrons. The van der Waals surface area contributed by atoms with Crippen LogP contribution in [0.3, 0.4) is 0 Å². The van der Waals surface area contributed by atoms with Crippen LogP contribution in [0.2, 0.25) is 0 Å². The van der Waals surface area contributed by atoms with Gasteiger partial charge in [0.25, 0.3) is 6.01 Å². The van der Waals surface area contributed by atoms with E-state index in [-0.39, 0.29) is 18.6 Å². The van der Waals surface area contributed by atoms with Crippen LogP contribution < -0.4 is 4.74 Å². The van der Waals surface area contributed by atoms with Gasteiger partial charge in [-0.15, -0.1) is 15.4 Å². The molecule has 0 amide bonds. The Kier molecular flexibility index (Phi) is 9.54. The zero-order valence-electron chi connectivity index (χ0n) is 24.3. The SMILES string of the molecule is C=NOCCCC(=O)OC(C)OC(=O)c1cccc2nc(OCC)n(Cc3ccc(-c4ccccc4-c4nn[nH]n4)cc3)c12. The van der Waals surface area contributed by atoms with E-state index >= 15 is 0 Å². The number of hydrogen-bond acceptors (Lipinski definition) is 11. The predicted octanol–water partition coefficient (Wildman–Crippen LogP) is 4.79. The lowest BCUT2D eigenvalue weighted by Gasteiger charge is -2.15. The summed E-state index contributed by atoms with van der Waals surface area (Å²) in [5, 5.41) is 17.7. The number of imidazole rings is 1. The first kappa shape index (κ1) is 29.9. The minimum atomic E-state index is -1.10. The zero-order chi connectivity index (χ0) is 30.9. The first-order chi connectivity index (χ1) is 21.5. The molecule has 0 aliphatic rings. The summed E-state index contributed by atoms with van der Waals surface area (Å²) in [6, 6.07) is 21.4. The minimum absolute atomic E-state index is 0.0823. The lowest BCUT2D eigenvalue weighted by atomic mass is 9.98. The smallest absolute Gasteiger partial charge is 0.343 e. The number of aromatic amines is 1. The number of carbonyl (C=O) groups is 2. The van der Waals surface area contributed by atoms with Gasteiger partial charge < -0.3 is 19.0 Å². The molecule has 13 heteroatoms. The van der Waals surface area contributed by atoms with Gasteiger partial charge in [0.1, 0.15) is 6.61 Å². The van der Waals surface area contributed by atoms with Crippen molar-refractivity contribution in [3.8, 4) is 28.5 Å². The van der Waals surface area contributed by atoms with Crippen LogP contribution in [-0.2, 0) is 25.7 Å². The lowest BCUT2D eigenvalue weighted by molar-refractivity contribution is -0.165. The normalized spacial score (nSPS) is 11.6. The molecular weight excluding hydrogens is 566 g/mol. The number of benzene rings is 3. The van der Waals surface area contributed by atoms with E-state index in [1.54, 1.807) is 18.2 Å². The summed E-state index contributed by atoms with van der Waals surface area (Å²) in [7, 11) is 0. The fraction of sp³-hybridized carbons (Fsp3) is 0.258. The summed E-state index contributed by atoms with van der Waals surface area (Å²) in [5.74, 6) is -0.675. The first-order valence-corrected chi connectivity index (χ1v) is 14.0. The van der Waals surface area contributed by atoms with Crippen molar-refractivity contribution in [2.24, 2.45) is 5.16 Å². The molecule has 1 atom stereocenters. The molecule has 1 unspecified atom stereocenters. The second kappa shape index (κ2) is 14.1. The van der Waals surface area contributed by atoms with Gasteiger partial charge in [-0.25, -0.2) is 4.79 Å². The number of fused-ring (bicyclic) bond motifs is 1. The summed E-state index contributed by atoms with van der Waals surface area (Å²) in [4.78, 5) is 34.8. The number of hydrogen-bond donors (Lipinski definition) is 1. The summed E-state index contributed by atoms with van der Waals surface area (Å²) < 4.78 is 18.4. The predicted molar refractivity (Wildman–Crippen MR) is 161 cm³/mol. The van der Waals surface area contributed by atoms with Crippen molar-refractivity contribution in [2.45, 2.75) is 39.5 Å². The largest absolute Gasteiger partial charge is 0.465 e. The molecule has 13 nitrogen and oxygen atoms in total. The Morgan fingerprint density at radius 2 is 1.82 bits per heavy atom. The van der Waals surface area contributed by atoms with Gasteiger partial charge in [-0.2, -0.15) is 10.2 Å². The first-order valence-electron chi connectivity index (χ1n) is 14.0. The molecule has 0 fully saturated rings. The van der Waals surface area contributed by atoms with Gasteiger partial charge >= 0.3 is 11.9 Å². The number of oxime groups is 1. The number of H-pyrrole nitrogens is 1. The number of tetrazole rings is 1. The Morgan fingerprint density at radius 1 is 1.02 bits per heavy atom. The number of ether oxygens (including phenoxy) is 3. The lowest BCUT2D eigenvalue weighted by Crippen LogP contribution is -2.22. The maximum atomic E-state index is 13.3. The Bertz CT molecular complexity index is 1730. The van der Waals surface area contributed by atoms with Crippen molar-refractivity contribution in [1.29, 1.82) is 0 Å². The van der Waals surface area contributed by atoms with Gasteiger partial charge in [-0.3, -0.25) is 9.36 Å². The van der Waals surface area contributed by atoms with Gasteiger partial charge in [0.2, 0.25) is 12.1 Å². The Hall–Kier alpha value is -5.59. The number of esters is 2. The standard InChI is InChI=1S/C31H31N7O6/c1-4-41-31-33-26-12-7-11-25(30(40)44-20(2)43-27(39)13-8-18-42-32-3)28(26)38(31)19-21-14-16-22(17-15-21)23-9-5-6-10-24(23)29-34-36-37-35-29/h5-7,9-12,14-17,20H,3-4,8,13,18-19H2,1-2H3,(H,34,35,36,37). The quantitative estimate of drug-likeness (QED) is 0.0621. The van der Waals surface area contributed by atoms with Crippen molar-refractivity contribution >= 4 is 29.7 Å². The number of rotatable bonds is 14. The maximum absolute atomic E-state index is 13.3. The average Bonchev–Trinajstić information content (AvgIpc) is 3.69. The Morgan fingerprint density at radius 3 is 2.55 bits per heavy atom. The van der Waals surface area contributed by atoms with Crippen LogP contribution in [0.15, 0.2) is 71.9 Å². The molecule has 2 aromatic heterocycles. The van der Waals surface area contributed by atoms with Gasteiger partial charge in [0.05, 0.1) is 29.7 Å². The molecule has 5 rings (SSSR count). The van der Waals surface area contributed by atoms with E-state index in [4.69, 9.17) is 19.0 Å².